The summed E-state index contributed by atoms with van der Waals surface area (Å²) in [7, 11) is 3.49. The zero-order valence-electron chi connectivity index (χ0n) is 19.2. The molecule has 4 N–H and O–H groups in total. The monoisotopic (exact) mass is 457 g/mol. The van der Waals surface area contributed by atoms with Crippen molar-refractivity contribution in [2.45, 2.75) is 0 Å². The van der Waals surface area contributed by atoms with Gasteiger partial charge < -0.3 is 30.4 Å². The standard InChI is InChI=1S/C26H27N5O3/c1-30-11-13-31(14-12-30)18-7-3-16(4-8-18)21-22-20(27)15-28-25(22)29-24(23(21)26(33)34-2)17-5-9-19(32)10-6-17/h3-10,15,32H,11-14,27H2,1-2H3,(H,28,29). The van der Waals surface area contributed by atoms with Gasteiger partial charge in [0, 0.05) is 49.2 Å². The number of aromatic hydroxyl groups is 1. The number of carbonyl (C=O) groups excluding carboxylic acids is 1. The summed E-state index contributed by atoms with van der Waals surface area (Å²) < 4.78 is 5.19. The normalized spacial score (nSPS) is 14.5. The first kappa shape index (κ1) is 21.8. The molecular formula is C26H27N5O3. The van der Waals surface area contributed by atoms with E-state index in [2.05, 4.69) is 34.0 Å². The Balaban J connectivity index is 1.70. The second-order valence-corrected chi connectivity index (χ2v) is 8.55. The number of nitrogens with two attached hydrogens (primary N) is 1. The number of rotatable bonds is 4. The van der Waals surface area contributed by atoms with Crippen molar-refractivity contribution in [2.24, 2.45) is 0 Å². The van der Waals surface area contributed by atoms with Crippen LogP contribution in [-0.2, 0) is 4.74 Å². The van der Waals surface area contributed by atoms with Crippen LogP contribution >= 0.6 is 0 Å². The van der Waals surface area contributed by atoms with Gasteiger partial charge in [-0.2, -0.15) is 0 Å². The summed E-state index contributed by atoms with van der Waals surface area (Å²) in [5, 5.41) is 10.4. The van der Waals surface area contributed by atoms with Gasteiger partial charge in [0.15, 0.2) is 0 Å². The quantitative estimate of drug-likeness (QED) is 0.401. The number of methoxy groups -OCH3 is 1. The van der Waals surface area contributed by atoms with E-state index < -0.39 is 5.97 Å². The molecule has 0 radical (unpaired) electrons. The number of nitrogen functional groups attached to an aromatic ring is 1. The van der Waals surface area contributed by atoms with Gasteiger partial charge in [0.1, 0.15) is 11.4 Å². The Morgan fingerprint density at radius 1 is 1.03 bits per heavy atom. The number of hydrogen-bond acceptors (Lipinski definition) is 7. The molecule has 0 bridgehead atoms. The van der Waals surface area contributed by atoms with Crippen LogP contribution in [0.5, 0.6) is 5.75 Å². The maximum absolute atomic E-state index is 13.1. The molecule has 174 valence electrons. The summed E-state index contributed by atoms with van der Waals surface area (Å²) in [5.41, 5.74) is 11.5. The van der Waals surface area contributed by atoms with Crippen LogP contribution in [0.25, 0.3) is 33.4 Å². The molecule has 0 amide bonds. The predicted octanol–water partition coefficient (Wildman–Crippen LogP) is 3.72. The molecule has 3 heterocycles. The topological polar surface area (TPSA) is 108 Å². The van der Waals surface area contributed by atoms with Gasteiger partial charge in [-0.25, -0.2) is 9.78 Å². The number of benzene rings is 2. The van der Waals surface area contributed by atoms with Gasteiger partial charge in [0.05, 0.1) is 29.4 Å². The molecule has 2 aromatic heterocycles. The number of H-pyrrole nitrogens is 1. The van der Waals surface area contributed by atoms with Crippen LogP contribution in [0.4, 0.5) is 11.4 Å². The molecule has 0 aliphatic carbocycles. The number of fused-ring (bicyclic) bond motifs is 1. The molecule has 5 rings (SSSR count). The Hall–Kier alpha value is -4.04. The van der Waals surface area contributed by atoms with Crippen molar-refractivity contribution in [2.75, 3.05) is 51.0 Å². The lowest BCUT2D eigenvalue weighted by atomic mass is 9.92. The largest absolute Gasteiger partial charge is 0.508 e. The molecule has 34 heavy (non-hydrogen) atoms. The Morgan fingerprint density at radius 3 is 2.32 bits per heavy atom. The summed E-state index contributed by atoms with van der Waals surface area (Å²) >= 11 is 0. The highest BCUT2D eigenvalue weighted by Gasteiger charge is 2.26. The van der Waals surface area contributed by atoms with E-state index in [1.165, 1.54) is 7.11 Å². The summed E-state index contributed by atoms with van der Waals surface area (Å²) in [6.07, 6.45) is 1.68. The number of piperazine rings is 1. The summed E-state index contributed by atoms with van der Waals surface area (Å²) in [6, 6.07) is 14.8. The molecule has 0 saturated carbocycles. The Morgan fingerprint density at radius 2 is 1.68 bits per heavy atom. The number of hydrogen-bond donors (Lipinski definition) is 3. The molecule has 0 atom stereocenters. The zero-order valence-corrected chi connectivity index (χ0v) is 19.2. The summed E-state index contributed by atoms with van der Waals surface area (Å²) in [4.78, 5) is 25.6. The van der Waals surface area contributed by atoms with Gasteiger partial charge in [-0.05, 0) is 49.0 Å². The minimum Gasteiger partial charge on any atom is -0.508 e. The van der Waals surface area contributed by atoms with Gasteiger partial charge in [-0.1, -0.05) is 12.1 Å². The van der Waals surface area contributed by atoms with E-state index in [1.54, 1.807) is 30.5 Å². The fourth-order valence-electron chi connectivity index (χ4n) is 4.51. The lowest BCUT2D eigenvalue weighted by molar-refractivity contribution is 0.0602. The van der Waals surface area contributed by atoms with Crippen molar-refractivity contribution < 1.29 is 14.6 Å². The third-order valence-corrected chi connectivity index (χ3v) is 6.40. The zero-order chi connectivity index (χ0) is 23.8. The molecule has 1 saturated heterocycles. The number of phenols is 1. The van der Waals surface area contributed by atoms with Gasteiger partial charge >= 0.3 is 5.97 Å². The van der Waals surface area contributed by atoms with Gasteiger partial charge in [-0.3, -0.25) is 0 Å². The maximum Gasteiger partial charge on any atom is 0.340 e. The van der Waals surface area contributed by atoms with E-state index in [4.69, 9.17) is 15.5 Å². The van der Waals surface area contributed by atoms with Crippen LogP contribution in [0.15, 0.2) is 54.7 Å². The number of anilines is 2. The average molecular weight is 458 g/mol. The first-order valence-corrected chi connectivity index (χ1v) is 11.2. The Kier molecular flexibility index (Phi) is 5.59. The van der Waals surface area contributed by atoms with Crippen molar-refractivity contribution in [3.05, 3.63) is 60.3 Å². The second-order valence-electron chi connectivity index (χ2n) is 8.55. The average Bonchev–Trinajstić information content (AvgIpc) is 3.24. The highest BCUT2D eigenvalue weighted by molar-refractivity contribution is 6.14. The number of pyridine rings is 1. The van der Waals surface area contributed by atoms with E-state index >= 15 is 0 Å². The van der Waals surface area contributed by atoms with E-state index in [0.717, 1.165) is 37.4 Å². The molecule has 0 spiro atoms. The lowest BCUT2D eigenvalue weighted by Gasteiger charge is -2.34. The summed E-state index contributed by atoms with van der Waals surface area (Å²) in [5.74, 6) is -0.371. The van der Waals surface area contributed by atoms with Gasteiger partial charge in [-0.15, -0.1) is 0 Å². The molecule has 2 aromatic carbocycles. The van der Waals surface area contributed by atoms with Crippen LogP contribution in [0.2, 0.25) is 0 Å². The number of esters is 1. The third-order valence-electron chi connectivity index (χ3n) is 6.40. The van der Waals surface area contributed by atoms with Gasteiger partial charge in [0.25, 0.3) is 0 Å². The van der Waals surface area contributed by atoms with E-state index in [1.807, 2.05) is 12.1 Å². The number of likely N-dealkylation sites (N-methyl/N-ethyl adjacent to an activating group) is 1. The smallest absolute Gasteiger partial charge is 0.340 e. The van der Waals surface area contributed by atoms with Crippen molar-refractivity contribution in [3.63, 3.8) is 0 Å². The fraction of sp³-hybridized carbons (Fsp3) is 0.231. The number of phenolic OH excluding ortho intramolecular Hbond substituents is 1. The highest BCUT2D eigenvalue weighted by atomic mass is 16.5. The molecule has 0 unspecified atom stereocenters. The Labute approximate surface area is 197 Å². The van der Waals surface area contributed by atoms with Crippen LogP contribution in [0.1, 0.15) is 10.4 Å². The number of aromatic nitrogens is 2. The number of aromatic amines is 1. The van der Waals surface area contributed by atoms with Gasteiger partial charge in [0.2, 0.25) is 0 Å². The minimum absolute atomic E-state index is 0.133. The maximum atomic E-state index is 13.1. The fourth-order valence-corrected chi connectivity index (χ4v) is 4.51. The Bertz CT molecular complexity index is 1340. The molecule has 1 aliphatic rings. The summed E-state index contributed by atoms with van der Waals surface area (Å²) in [6.45, 7) is 3.99. The second kappa shape index (κ2) is 8.72. The number of carbonyl (C=O) groups is 1. The van der Waals surface area contributed by atoms with E-state index in [9.17, 15) is 9.90 Å². The molecular weight excluding hydrogens is 430 g/mol. The minimum atomic E-state index is -0.504. The third kappa shape index (κ3) is 3.82. The molecule has 1 fully saturated rings. The van der Waals surface area contributed by atoms with Crippen LogP contribution in [-0.4, -0.2) is 66.3 Å². The lowest BCUT2D eigenvalue weighted by Crippen LogP contribution is -2.44. The predicted molar refractivity (Wildman–Crippen MR) is 134 cm³/mol. The first-order valence-electron chi connectivity index (χ1n) is 11.2. The highest BCUT2D eigenvalue weighted by Crippen LogP contribution is 2.40. The van der Waals surface area contributed by atoms with E-state index in [-0.39, 0.29) is 5.75 Å². The van der Waals surface area contributed by atoms with Crippen molar-refractivity contribution in [1.29, 1.82) is 0 Å². The first-order chi connectivity index (χ1) is 16.5. The molecule has 8 heteroatoms. The van der Waals surface area contributed by atoms with Crippen LogP contribution < -0.4 is 10.6 Å². The van der Waals surface area contributed by atoms with Crippen molar-refractivity contribution >= 4 is 28.4 Å². The SMILES string of the molecule is COC(=O)c1c(-c2ccc(O)cc2)nc2[nH]cc(N)c2c1-c1ccc(N2CCN(C)CC2)cc1. The van der Waals surface area contributed by atoms with Crippen molar-refractivity contribution in [1.82, 2.24) is 14.9 Å². The number of nitrogens with zero attached hydrogens (tertiary/aromatic N) is 3. The van der Waals surface area contributed by atoms with Crippen LogP contribution in [0, 0.1) is 0 Å². The van der Waals surface area contributed by atoms with E-state index in [0.29, 0.717) is 39.1 Å². The molecule has 1 aliphatic heterocycles. The van der Waals surface area contributed by atoms with Crippen LogP contribution in [0.3, 0.4) is 0 Å². The molecule has 4 aromatic rings. The number of ether oxygens (including phenoxy) is 1. The van der Waals surface area contributed by atoms with Crippen molar-refractivity contribution in [3.8, 4) is 28.1 Å². The number of nitrogens with one attached hydrogen (secondary N) is 1. The molecule has 8 nitrogen and oxygen atoms in total.